The van der Waals surface area contributed by atoms with Crippen molar-refractivity contribution in [3.8, 4) is 0 Å². The van der Waals surface area contributed by atoms with Crippen molar-refractivity contribution >= 4 is 15.5 Å². The second-order valence-corrected chi connectivity index (χ2v) is 4.67. The molecule has 1 aromatic carbocycles. The molecule has 13 heavy (non-hydrogen) atoms. The zero-order valence-corrected chi connectivity index (χ0v) is 7.92. The van der Waals surface area contributed by atoms with Crippen molar-refractivity contribution < 1.29 is 8.42 Å². The van der Waals surface area contributed by atoms with E-state index in [1.807, 2.05) is 0 Å². The highest BCUT2D eigenvalue weighted by Gasteiger charge is 2.10. The van der Waals surface area contributed by atoms with Crippen molar-refractivity contribution in [1.29, 1.82) is 0 Å². The highest BCUT2D eigenvalue weighted by Crippen LogP contribution is 2.13. The van der Waals surface area contributed by atoms with Crippen LogP contribution in [0, 0.1) is 0 Å². The van der Waals surface area contributed by atoms with Gasteiger partial charge in [0.15, 0.2) is 9.84 Å². The van der Waals surface area contributed by atoms with Crippen LogP contribution in [0.3, 0.4) is 0 Å². The molecular weight excluding hydrogens is 186 g/mol. The van der Waals surface area contributed by atoms with Gasteiger partial charge in [-0.05, 0) is 24.3 Å². The molecule has 0 bridgehead atoms. The summed E-state index contributed by atoms with van der Waals surface area (Å²) in [6, 6.07) is 6.12. The number of hydrogen-bond donors (Lipinski definition) is 1. The fourth-order valence-electron chi connectivity index (χ4n) is 0.927. The van der Waals surface area contributed by atoms with Crippen molar-refractivity contribution in [1.82, 2.24) is 0 Å². The zero-order chi connectivity index (χ0) is 9.90. The van der Waals surface area contributed by atoms with Crippen LogP contribution >= 0.6 is 0 Å². The minimum Gasteiger partial charge on any atom is -0.399 e. The smallest absolute Gasteiger partial charge is 0.181 e. The van der Waals surface area contributed by atoms with Crippen LogP contribution in [0.15, 0.2) is 41.8 Å². The maximum absolute atomic E-state index is 11.4. The third kappa shape index (κ3) is 2.32. The molecule has 0 aliphatic rings. The summed E-state index contributed by atoms with van der Waals surface area (Å²) in [7, 11) is -3.20. The Morgan fingerprint density at radius 2 is 1.85 bits per heavy atom. The highest BCUT2D eigenvalue weighted by molar-refractivity contribution is 7.91. The molecule has 0 radical (unpaired) electrons. The summed E-state index contributed by atoms with van der Waals surface area (Å²) in [5.74, 6) is -0.0447. The lowest BCUT2D eigenvalue weighted by molar-refractivity contribution is 0.599. The van der Waals surface area contributed by atoms with E-state index in [1.54, 1.807) is 12.1 Å². The van der Waals surface area contributed by atoms with E-state index in [4.69, 9.17) is 5.73 Å². The van der Waals surface area contributed by atoms with Crippen LogP contribution in [0.1, 0.15) is 0 Å². The first-order chi connectivity index (χ1) is 6.06. The topological polar surface area (TPSA) is 60.2 Å². The fraction of sp³-hybridized carbons (Fsp3) is 0.111. The van der Waals surface area contributed by atoms with Gasteiger partial charge in [-0.15, -0.1) is 6.58 Å². The Labute approximate surface area is 77.8 Å². The largest absolute Gasteiger partial charge is 0.399 e. The normalized spacial score (nSPS) is 11.1. The number of nitrogen functional groups attached to an aromatic ring is 1. The summed E-state index contributed by atoms with van der Waals surface area (Å²) in [5.41, 5.74) is 5.98. The average molecular weight is 197 g/mol. The molecule has 70 valence electrons. The van der Waals surface area contributed by atoms with Gasteiger partial charge in [-0.25, -0.2) is 8.42 Å². The minimum atomic E-state index is -3.20. The van der Waals surface area contributed by atoms with E-state index < -0.39 is 9.84 Å². The molecule has 0 aliphatic heterocycles. The Hall–Kier alpha value is -1.29. The van der Waals surface area contributed by atoms with E-state index in [9.17, 15) is 8.42 Å². The van der Waals surface area contributed by atoms with E-state index in [2.05, 4.69) is 6.58 Å². The van der Waals surface area contributed by atoms with E-state index in [0.717, 1.165) is 0 Å². The molecular formula is C9H11NO2S. The molecule has 0 heterocycles. The number of benzene rings is 1. The molecule has 4 heteroatoms. The summed E-state index contributed by atoms with van der Waals surface area (Å²) in [6.07, 6.45) is 1.37. The van der Waals surface area contributed by atoms with Crippen LogP contribution in [0.2, 0.25) is 0 Å². The van der Waals surface area contributed by atoms with E-state index in [-0.39, 0.29) is 10.6 Å². The Morgan fingerprint density at radius 3 is 2.31 bits per heavy atom. The van der Waals surface area contributed by atoms with Gasteiger partial charge in [0.25, 0.3) is 0 Å². The molecule has 0 spiro atoms. The van der Waals surface area contributed by atoms with Crippen molar-refractivity contribution in [2.75, 3.05) is 11.5 Å². The third-order valence-electron chi connectivity index (χ3n) is 1.58. The van der Waals surface area contributed by atoms with Crippen molar-refractivity contribution in [3.05, 3.63) is 36.9 Å². The lowest BCUT2D eigenvalue weighted by Crippen LogP contribution is -2.04. The summed E-state index contributed by atoms with van der Waals surface area (Å²) in [5, 5.41) is 0. The lowest BCUT2D eigenvalue weighted by Gasteiger charge is -2.00. The van der Waals surface area contributed by atoms with Crippen LogP contribution in [0.25, 0.3) is 0 Å². The van der Waals surface area contributed by atoms with Gasteiger partial charge >= 0.3 is 0 Å². The van der Waals surface area contributed by atoms with Gasteiger partial charge < -0.3 is 5.73 Å². The van der Waals surface area contributed by atoms with Gasteiger partial charge in [-0.2, -0.15) is 0 Å². The molecule has 0 unspecified atom stereocenters. The van der Waals surface area contributed by atoms with Crippen LogP contribution in [-0.2, 0) is 9.84 Å². The van der Waals surface area contributed by atoms with Gasteiger partial charge in [-0.1, -0.05) is 6.08 Å². The maximum atomic E-state index is 11.4. The molecule has 0 aliphatic carbocycles. The fourth-order valence-corrected chi connectivity index (χ4v) is 1.98. The van der Waals surface area contributed by atoms with Gasteiger partial charge in [0, 0.05) is 5.69 Å². The second-order valence-electron chi connectivity index (χ2n) is 2.64. The van der Waals surface area contributed by atoms with Crippen LogP contribution < -0.4 is 5.73 Å². The SMILES string of the molecule is C=CCS(=O)(=O)c1ccc(N)cc1. The summed E-state index contributed by atoms with van der Waals surface area (Å²) >= 11 is 0. The molecule has 0 saturated heterocycles. The first kappa shape index (κ1) is 9.80. The Balaban J connectivity index is 3.08. The van der Waals surface area contributed by atoms with Gasteiger partial charge in [0.1, 0.15) is 0 Å². The average Bonchev–Trinajstić information content (AvgIpc) is 2.05. The molecule has 0 saturated carbocycles. The number of sulfone groups is 1. The second kappa shape index (κ2) is 3.62. The van der Waals surface area contributed by atoms with E-state index in [1.165, 1.54) is 18.2 Å². The van der Waals surface area contributed by atoms with Crippen molar-refractivity contribution in [3.63, 3.8) is 0 Å². The van der Waals surface area contributed by atoms with Gasteiger partial charge in [0.2, 0.25) is 0 Å². The van der Waals surface area contributed by atoms with Gasteiger partial charge in [0.05, 0.1) is 10.6 Å². The number of anilines is 1. The lowest BCUT2D eigenvalue weighted by atomic mass is 10.3. The summed E-state index contributed by atoms with van der Waals surface area (Å²) in [4.78, 5) is 0.279. The molecule has 0 amide bonds. The standard InChI is InChI=1S/C9H11NO2S/c1-2-7-13(11,12)9-5-3-8(10)4-6-9/h2-6H,1,7,10H2. The highest BCUT2D eigenvalue weighted by atomic mass is 32.2. The van der Waals surface area contributed by atoms with Crippen molar-refractivity contribution in [2.45, 2.75) is 4.90 Å². The molecule has 0 fully saturated rings. The number of rotatable bonds is 3. The third-order valence-corrected chi connectivity index (χ3v) is 3.24. The summed E-state index contributed by atoms with van der Waals surface area (Å²) in [6.45, 7) is 3.39. The predicted molar refractivity (Wildman–Crippen MR) is 53.1 cm³/mol. The van der Waals surface area contributed by atoms with Gasteiger partial charge in [-0.3, -0.25) is 0 Å². The Bertz CT molecular complexity index is 392. The first-order valence-corrected chi connectivity index (χ1v) is 5.40. The molecule has 1 rings (SSSR count). The molecule has 0 aromatic heterocycles. The molecule has 0 atom stereocenters. The minimum absolute atomic E-state index is 0.0447. The Kier molecular flexibility index (Phi) is 2.72. The van der Waals surface area contributed by atoms with E-state index in [0.29, 0.717) is 5.69 Å². The van der Waals surface area contributed by atoms with Crippen LogP contribution in [0.5, 0.6) is 0 Å². The number of nitrogens with two attached hydrogens (primary N) is 1. The van der Waals surface area contributed by atoms with E-state index >= 15 is 0 Å². The molecule has 3 nitrogen and oxygen atoms in total. The van der Waals surface area contributed by atoms with Crippen molar-refractivity contribution in [2.24, 2.45) is 0 Å². The first-order valence-electron chi connectivity index (χ1n) is 3.75. The Morgan fingerprint density at radius 1 is 1.31 bits per heavy atom. The summed E-state index contributed by atoms with van der Waals surface area (Å²) < 4.78 is 22.9. The number of hydrogen-bond acceptors (Lipinski definition) is 3. The van der Waals surface area contributed by atoms with Crippen LogP contribution in [-0.4, -0.2) is 14.2 Å². The molecule has 2 N–H and O–H groups in total. The predicted octanol–water partition coefficient (Wildman–Crippen LogP) is 1.23. The maximum Gasteiger partial charge on any atom is 0.181 e. The van der Waals surface area contributed by atoms with Crippen LogP contribution in [0.4, 0.5) is 5.69 Å². The quantitative estimate of drug-likeness (QED) is 0.585. The monoisotopic (exact) mass is 197 g/mol. The molecule has 1 aromatic rings. The zero-order valence-electron chi connectivity index (χ0n) is 7.10.